The number of aliphatic carboxylic acids is 1. The summed E-state index contributed by atoms with van der Waals surface area (Å²) in [7, 11) is 1.52. The first-order valence-electron chi connectivity index (χ1n) is 5.60. The Morgan fingerprint density at radius 1 is 1.53 bits per heavy atom. The lowest BCUT2D eigenvalue weighted by molar-refractivity contribution is -0.152. The number of carbonyl (C=O) groups excluding carboxylic acids is 1. The Bertz CT molecular complexity index is 317. The van der Waals surface area contributed by atoms with Crippen LogP contribution in [0.3, 0.4) is 0 Å². The van der Waals surface area contributed by atoms with E-state index in [0.717, 1.165) is 0 Å². The van der Waals surface area contributed by atoms with Crippen molar-refractivity contribution >= 4 is 11.9 Å². The van der Waals surface area contributed by atoms with E-state index in [-0.39, 0.29) is 18.6 Å². The molecule has 1 aliphatic rings. The van der Waals surface area contributed by atoms with E-state index in [4.69, 9.17) is 15.6 Å². The molecule has 98 valence electrons. The third-order valence-corrected chi connectivity index (χ3v) is 3.23. The molecule has 3 N–H and O–H groups in total. The third-order valence-electron chi connectivity index (χ3n) is 3.23. The highest BCUT2D eigenvalue weighted by Gasteiger charge is 2.43. The molecule has 1 fully saturated rings. The molecule has 0 aliphatic carbocycles. The number of carbonyl (C=O) groups is 2. The maximum absolute atomic E-state index is 12.2. The van der Waals surface area contributed by atoms with Crippen LogP contribution in [0.2, 0.25) is 0 Å². The lowest BCUT2D eigenvalue weighted by Gasteiger charge is -2.30. The van der Waals surface area contributed by atoms with Gasteiger partial charge in [-0.15, -0.1) is 0 Å². The topological polar surface area (TPSA) is 92.9 Å². The van der Waals surface area contributed by atoms with Gasteiger partial charge in [-0.1, -0.05) is 0 Å². The van der Waals surface area contributed by atoms with Gasteiger partial charge < -0.3 is 20.5 Å². The zero-order valence-electron chi connectivity index (χ0n) is 10.5. The van der Waals surface area contributed by atoms with Gasteiger partial charge in [0.15, 0.2) is 0 Å². The average molecular weight is 244 g/mol. The van der Waals surface area contributed by atoms with E-state index in [9.17, 15) is 9.59 Å². The van der Waals surface area contributed by atoms with E-state index >= 15 is 0 Å². The van der Waals surface area contributed by atoms with Gasteiger partial charge in [-0.05, 0) is 13.8 Å². The van der Waals surface area contributed by atoms with Crippen molar-refractivity contribution in [2.24, 2.45) is 11.1 Å². The van der Waals surface area contributed by atoms with Gasteiger partial charge in [-0.25, -0.2) is 4.79 Å². The Hall–Kier alpha value is -1.14. The number of carboxylic acid groups (broad SMARTS) is 1. The van der Waals surface area contributed by atoms with Crippen LogP contribution in [0.5, 0.6) is 0 Å². The number of methoxy groups -OCH3 is 1. The molecule has 1 aliphatic heterocycles. The van der Waals surface area contributed by atoms with E-state index in [1.54, 1.807) is 13.8 Å². The first-order chi connectivity index (χ1) is 7.83. The van der Waals surface area contributed by atoms with Crippen molar-refractivity contribution < 1.29 is 19.4 Å². The van der Waals surface area contributed by atoms with Crippen molar-refractivity contribution in [3.8, 4) is 0 Å². The van der Waals surface area contributed by atoms with Crippen LogP contribution in [0.4, 0.5) is 0 Å². The van der Waals surface area contributed by atoms with Gasteiger partial charge in [0, 0.05) is 26.6 Å². The molecular weight excluding hydrogens is 224 g/mol. The first-order valence-corrected chi connectivity index (χ1v) is 5.60. The normalized spacial score (nSPS) is 25.1. The zero-order valence-corrected chi connectivity index (χ0v) is 10.5. The summed E-state index contributed by atoms with van der Waals surface area (Å²) in [6, 6.07) is -0.807. The predicted octanol–water partition coefficient (Wildman–Crippen LogP) is -0.328. The van der Waals surface area contributed by atoms with Crippen LogP contribution in [0.25, 0.3) is 0 Å². The number of ether oxygens (including phenoxy) is 1. The SMILES string of the molecule is COC1CC(C(=O)O)N(C(=O)C(C)(C)CN)C1. The van der Waals surface area contributed by atoms with E-state index in [1.807, 2.05) is 0 Å². The molecule has 0 aromatic heterocycles. The largest absolute Gasteiger partial charge is 0.480 e. The molecule has 17 heavy (non-hydrogen) atoms. The molecule has 2 atom stereocenters. The van der Waals surface area contributed by atoms with Gasteiger partial charge >= 0.3 is 5.97 Å². The van der Waals surface area contributed by atoms with Crippen molar-refractivity contribution in [3.63, 3.8) is 0 Å². The molecule has 1 heterocycles. The Balaban J connectivity index is 2.87. The number of nitrogens with zero attached hydrogens (tertiary/aromatic N) is 1. The predicted molar refractivity (Wildman–Crippen MR) is 61.4 cm³/mol. The molecule has 0 aromatic carbocycles. The average Bonchev–Trinajstić information content (AvgIpc) is 2.71. The fraction of sp³-hybridized carbons (Fsp3) is 0.818. The summed E-state index contributed by atoms with van der Waals surface area (Å²) in [5.41, 5.74) is 4.80. The molecule has 6 nitrogen and oxygen atoms in total. The number of nitrogens with two attached hydrogens (primary N) is 1. The van der Waals surface area contributed by atoms with E-state index in [0.29, 0.717) is 13.0 Å². The lowest BCUT2D eigenvalue weighted by atomic mass is 9.91. The van der Waals surface area contributed by atoms with Crippen LogP contribution in [-0.4, -0.2) is 54.2 Å². The maximum atomic E-state index is 12.2. The molecule has 6 heteroatoms. The highest BCUT2D eigenvalue weighted by Crippen LogP contribution is 2.26. The molecule has 1 amide bonds. The molecule has 1 saturated heterocycles. The third kappa shape index (κ3) is 2.76. The van der Waals surface area contributed by atoms with E-state index in [2.05, 4.69) is 0 Å². The summed E-state index contributed by atoms with van der Waals surface area (Å²) in [5, 5.41) is 9.10. The van der Waals surface area contributed by atoms with E-state index < -0.39 is 17.4 Å². The molecule has 0 spiro atoms. The fourth-order valence-electron chi connectivity index (χ4n) is 1.90. The van der Waals surface area contributed by atoms with Gasteiger partial charge in [-0.2, -0.15) is 0 Å². The fourth-order valence-corrected chi connectivity index (χ4v) is 1.90. The summed E-state index contributed by atoms with van der Waals surface area (Å²) in [5.74, 6) is -1.22. The summed E-state index contributed by atoms with van der Waals surface area (Å²) in [4.78, 5) is 24.7. The minimum Gasteiger partial charge on any atom is -0.480 e. The monoisotopic (exact) mass is 244 g/mol. The van der Waals surface area contributed by atoms with E-state index in [1.165, 1.54) is 12.0 Å². The summed E-state index contributed by atoms with van der Waals surface area (Å²) in [6.07, 6.45) is 0.117. The molecule has 0 bridgehead atoms. The molecule has 1 rings (SSSR count). The number of hydrogen-bond donors (Lipinski definition) is 2. The molecular formula is C11H20N2O4. The standard InChI is InChI=1S/C11H20N2O4/c1-11(2,6-12)10(16)13-5-7(17-3)4-8(13)9(14)15/h7-8H,4-6,12H2,1-3H3,(H,14,15). The van der Waals surface area contributed by atoms with Crippen LogP contribution in [0.15, 0.2) is 0 Å². The van der Waals surface area contributed by atoms with Gasteiger partial charge in [0.1, 0.15) is 6.04 Å². The summed E-state index contributed by atoms with van der Waals surface area (Å²) >= 11 is 0. The van der Waals surface area contributed by atoms with Crippen LogP contribution in [-0.2, 0) is 14.3 Å². The Morgan fingerprint density at radius 3 is 2.53 bits per heavy atom. The Labute approximate surface area is 101 Å². The Morgan fingerprint density at radius 2 is 2.12 bits per heavy atom. The van der Waals surface area contributed by atoms with Crippen LogP contribution in [0.1, 0.15) is 20.3 Å². The number of amides is 1. The molecule has 0 aromatic rings. The minimum atomic E-state index is -0.995. The number of rotatable bonds is 4. The molecule has 2 unspecified atom stereocenters. The van der Waals surface area contributed by atoms with Gasteiger partial charge in [0.2, 0.25) is 5.91 Å². The summed E-state index contributed by atoms with van der Waals surface area (Å²) < 4.78 is 5.13. The van der Waals surface area contributed by atoms with Crippen molar-refractivity contribution in [3.05, 3.63) is 0 Å². The van der Waals surface area contributed by atoms with Gasteiger partial charge in [0.05, 0.1) is 11.5 Å². The minimum absolute atomic E-state index is 0.187. The van der Waals surface area contributed by atoms with Crippen molar-refractivity contribution in [2.75, 3.05) is 20.2 Å². The van der Waals surface area contributed by atoms with Gasteiger partial charge in [0.25, 0.3) is 0 Å². The van der Waals surface area contributed by atoms with Crippen LogP contribution >= 0.6 is 0 Å². The second-order valence-corrected chi connectivity index (χ2v) is 4.99. The quantitative estimate of drug-likeness (QED) is 0.706. The van der Waals surface area contributed by atoms with Crippen LogP contribution in [0, 0.1) is 5.41 Å². The summed E-state index contributed by atoms with van der Waals surface area (Å²) in [6.45, 7) is 3.94. The smallest absolute Gasteiger partial charge is 0.326 e. The molecule has 0 saturated carbocycles. The highest BCUT2D eigenvalue weighted by molar-refractivity contribution is 5.87. The van der Waals surface area contributed by atoms with Crippen molar-refractivity contribution in [1.82, 2.24) is 4.90 Å². The second-order valence-electron chi connectivity index (χ2n) is 4.99. The second kappa shape index (κ2) is 5.01. The van der Waals surface area contributed by atoms with Crippen molar-refractivity contribution in [1.29, 1.82) is 0 Å². The van der Waals surface area contributed by atoms with Crippen LogP contribution < -0.4 is 5.73 Å². The number of hydrogen-bond acceptors (Lipinski definition) is 4. The van der Waals surface area contributed by atoms with Gasteiger partial charge in [-0.3, -0.25) is 4.79 Å². The maximum Gasteiger partial charge on any atom is 0.326 e. The van der Waals surface area contributed by atoms with Crippen molar-refractivity contribution in [2.45, 2.75) is 32.4 Å². The highest BCUT2D eigenvalue weighted by atomic mass is 16.5. The number of carboxylic acids is 1. The number of likely N-dealkylation sites (tertiary alicyclic amines) is 1. The zero-order chi connectivity index (χ0) is 13.2. The molecule has 0 radical (unpaired) electrons. The first kappa shape index (κ1) is 13.9. The lowest BCUT2D eigenvalue weighted by Crippen LogP contribution is -2.49. The Kier molecular flexibility index (Phi) is 4.11.